The van der Waals surface area contributed by atoms with Gasteiger partial charge in [-0.2, -0.15) is 5.10 Å². The van der Waals surface area contributed by atoms with Gasteiger partial charge in [0.25, 0.3) is 0 Å². The van der Waals surface area contributed by atoms with Crippen LogP contribution in [0.4, 0.5) is 0 Å². The van der Waals surface area contributed by atoms with E-state index in [2.05, 4.69) is 30.9 Å². The van der Waals surface area contributed by atoms with Gasteiger partial charge in [0.2, 0.25) is 0 Å². The normalized spacial score (nSPS) is 23.2. The summed E-state index contributed by atoms with van der Waals surface area (Å²) >= 11 is 0. The molecule has 0 amide bonds. The van der Waals surface area contributed by atoms with E-state index in [-0.39, 0.29) is 17.8 Å². The number of hydrogen-bond donors (Lipinski definition) is 0. The predicted molar refractivity (Wildman–Crippen MR) is 71.7 cm³/mol. The fraction of sp³-hybridized carbons (Fsp3) is 0.786. The molecule has 19 heavy (non-hydrogen) atoms. The van der Waals surface area contributed by atoms with Crippen LogP contribution in [0, 0.1) is 11.8 Å². The van der Waals surface area contributed by atoms with Gasteiger partial charge in [-0.1, -0.05) is 20.8 Å². The van der Waals surface area contributed by atoms with Gasteiger partial charge in [0, 0.05) is 19.1 Å². The van der Waals surface area contributed by atoms with Gasteiger partial charge in [0.05, 0.1) is 12.5 Å². The Morgan fingerprint density at radius 3 is 3.05 bits per heavy atom. The molecule has 2 unspecified atom stereocenters. The van der Waals surface area contributed by atoms with E-state index in [1.165, 1.54) is 6.33 Å². The SMILES string of the molecule is CCC1OCCC1C(=O)Cc1ncnn1CC(C)C. The quantitative estimate of drug-likeness (QED) is 0.788. The minimum Gasteiger partial charge on any atom is -0.377 e. The maximum atomic E-state index is 12.4. The zero-order valence-electron chi connectivity index (χ0n) is 12.0. The second kappa shape index (κ2) is 6.28. The lowest BCUT2D eigenvalue weighted by atomic mass is 9.93. The molecule has 0 saturated carbocycles. The second-order valence-corrected chi connectivity index (χ2v) is 5.61. The Morgan fingerprint density at radius 2 is 2.37 bits per heavy atom. The molecule has 2 heterocycles. The summed E-state index contributed by atoms with van der Waals surface area (Å²) in [6, 6.07) is 0. The van der Waals surface area contributed by atoms with Crippen LogP contribution in [-0.2, 0) is 22.5 Å². The molecule has 106 valence electrons. The number of hydrogen-bond acceptors (Lipinski definition) is 4. The van der Waals surface area contributed by atoms with Crippen LogP contribution in [0.25, 0.3) is 0 Å². The summed E-state index contributed by atoms with van der Waals surface area (Å²) in [6.07, 6.45) is 3.74. The summed E-state index contributed by atoms with van der Waals surface area (Å²) in [6.45, 7) is 7.84. The first-order valence-corrected chi connectivity index (χ1v) is 7.12. The molecule has 2 atom stereocenters. The average molecular weight is 265 g/mol. The van der Waals surface area contributed by atoms with Crippen molar-refractivity contribution >= 4 is 5.78 Å². The number of rotatable bonds is 6. The third-order valence-corrected chi connectivity index (χ3v) is 3.59. The molecule has 0 spiro atoms. The first kappa shape index (κ1) is 14.2. The summed E-state index contributed by atoms with van der Waals surface area (Å²) in [5.74, 6) is 1.55. The van der Waals surface area contributed by atoms with Gasteiger partial charge in [-0.15, -0.1) is 0 Å². The van der Waals surface area contributed by atoms with Crippen LogP contribution in [0.15, 0.2) is 6.33 Å². The van der Waals surface area contributed by atoms with Crippen molar-refractivity contribution in [2.24, 2.45) is 11.8 Å². The lowest BCUT2D eigenvalue weighted by Crippen LogP contribution is -2.26. The number of nitrogens with zero attached hydrogens (tertiary/aromatic N) is 3. The molecule has 1 fully saturated rings. The van der Waals surface area contributed by atoms with E-state index in [4.69, 9.17) is 4.74 Å². The number of ketones is 1. The summed E-state index contributed by atoms with van der Waals surface area (Å²) in [5, 5.41) is 4.20. The Morgan fingerprint density at radius 1 is 1.58 bits per heavy atom. The number of carbonyl (C=O) groups is 1. The molecule has 2 rings (SSSR count). The van der Waals surface area contributed by atoms with Crippen molar-refractivity contribution in [1.29, 1.82) is 0 Å². The smallest absolute Gasteiger partial charge is 0.146 e. The van der Waals surface area contributed by atoms with E-state index in [9.17, 15) is 4.79 Å². The standard InChI is InChI=1S/C14H23N3O2/c1-4-13-11(5-6-19-13)12(18)7-14-15-9-16-17(14)8-10(2)3/h9-11,13H,4-8H2,1-3H3. The van der Waals surface area contributed by atoms with Gasteiger partial charge in [0.15, 0.2) is 0 Å². The van der Waals surface area contributed by atoms with Crippen molar-refractivity contribution in [3.05, 3.63) is 12.2 Å². The Bertz CT molecular complexity index is 428. The van der Waals surface area contributed by atoms with Gasteiger partial charge in [-0.3, -0.25) is 4.79 Å². The Balaban J connectivity index is 2.00. The number of ether oxygens (including phenoxy) is 1. The summed E-state index contributed by atoms with van der Waals surface area (Å²) in [5.41, 5.74) is 0. The minimum absolute atomic E-state index is 0.0363. The maximum Gasteiger partial charge on any atom is 0.146 e. The molecule has 1 aliphatic rings. The molecular formula is C14H23N3O2. The van der Waals surface area contributed by atoms with Gasteiger partial charge in [0.1, 0.15) is 17.9 Å². The zero-order valence-corrected chi connectivity index (χ0v) is 12.0. The fourth-order valence-electron chi connectivity index (χ4n) is 2.63. The van der Waals surface area contributed by atoms with E-state index in [1.807, 2.05) is 4.68 Å². The van der Waals surface area contributed by atoms with E-state index < -0.39 is 0 Å². The topological polar surface area (TPSA) is 57.0 Å². The lowest BCUT2D eigenvalue weighted by molar-refractivity contribution is -0.124. The average Bonchev–Trinajstić information content (AvgIpc) is 2.97. The van der Waals surface area contributed by atoms with Crippen LogP contribution in [0.1, 0.15) is 39.4 Å². The summed E-state index contributed by atoms with van der Waals surface area (Å²) < 4.78 is 7.43. The molecule has 1 aromatic rings. The third kappa shape index (κ3) is 3.41. The summed E-state index contributed by atoms with van der Waals surface area (Å²) in [7, 11) is 0. The first-order chi connectivity index (χ1) is 9.11. The molecule has 1 aliphatic heterocycles. The fourth-order valence-corrected chi connectivity index (χ4v) is 2.63. The van der Waals surface area contributed by atoms with Crippen LogP contribution >= 0.6 is 0 Å². The van der Waals surface area contributed by atoms with Gasteiger partial charge in [-0.05, 0) is 18.8 Å². The number of carbonyl (C=O) groups excluding carboxylic acids is 1. The third-order valence-electron chi connectivity index (χ3n) is 3.59. The van der Waals surface area contributed by atoms with Gasteiger partial charge >= 0.3 is 0 Å². The molecular weight excluding hydrogens is 242 g/mol. The molecule has 0 bridgehead atoms. The predicted octanol–water partition coefficient (Wildman–Crippen LogP) is 1.86. The Labute approximate surface area is 114 Å². The van der Waals surface area contributed by atoms with Crippen molar-refractivity contribution in [2.45, 2.75) is 52.7 Å². The Kier molecular flexibility index (Phi) is 4.69. The van der Waals surface area contributed by atoms with E-state index in [0.29, 0.717) is 18.9 Å². The van der Waals surface area contributed by atoms with Crippen LogP contribution < -0.4 is 0 Å². The van der Waals surface area contributed by atoms with Crippen molar-refractivity contribution in [1.82, 2.24) is 14.8 Å². The molecule has 0 aliphatic carbocycles. The van der Waals surface area contributed by atoms with E-state index in [1.54, 1.807) is 0 Å². The molecule has 0 N–H and O–H groups in total. The van der Waals surface area contributed by atoms with Crippen molar-refractivity contribution in [3.63, 3.8) is 0 Å². The second-order valence-electron chi connectivity index (χ2n) is 5.61. The highest BCUT2D eigenvalue weighted by Crippen LogP contribution is 2.25. The van der Waals surface area contributed by atoms with Crippen LogP contribution in [0.3, 0.4) is 0 Å². The first-order valence-electron chi connectivity index (χ1n) is 7.12. The Hall–Kier alpha value is -1.23. The van der Waals surface area contributed by atoms with Gasteiger partial charge in [-0.25, -0.2) is 9.67 Å². The van der Waals surface area contributed by atoms with Gasteiger partial charge < -0.3 is 4.74 Å². The molecule has 1 aromatic heterocycles. The van der Waals surface area contributed by atoms with Crippen molar-refractivity contribution in [2.75, 3.05) is 6.61 Å². The molecule has 5 nitrogen and oxygen atoms in total. The molecule has 1 saturated heterocycles. The van der Waals surface area contributed by atoms with Crippen LogP contribution in [0.5, 0.6) is 0 Å². The zero-order chi connectivity index (χ0) is 13.8. The molecule has 0 radical (unpaired) electrons. The number of Topliss-reactive ketones (excluding diaryl/α,β-unsaturated/α-hetero) is 1. The summed E-state index contributed by atoms with van der Waals surface area (Å²) in [4.78, 5) is 16.6. The van der Waals surface area contributed by atoms with E-state index in [0.717, 1.165) is 25.2 Å². The van der Waals surface area contributed by atoms with E-state index >= 15 is 0 Å². The molecule has 0 aromatic carbocycles. The maximum absolute atomic E-state index is 12.4. The highest BCUT2D eigenvalue weighted by molar-refractivity contribution is 5.83. The number of aromatic nitrogens is 3. The molecule has 5 heteroatoms. The lowest BCUT2D eigenvalue weighted by Gasteiger charge is -2.15. The highest BCUT2D eigenvalue weighted by Gasteiger charge is 2.33. The van der Waals surface area contributed by atoms with Crippen molar-refractivity contribution in [3.8, 4) is 0 Å². The largest absolute Gasteiger partial charge is 0.377 e. The van der Waals surface area contributed by atoms with Crippen LogP contribution in [0.2, 0.25) is 0 Å². The highest BCUT2D eigenvalue weighted by atomic mass is 16.5. The minimum atomic E-state index is 0.0363. The van der Waals surface area contributed by atoms with Crippen molar-refractivity contribution < 1.29 is 9.53 Å². The van der Waals surface area contributed by atoms with Crippen LogP contribution in [-0.4, -0.2) is 33.3 Å². The monoisotopic (exact) mass is 265 g/mol.